The largest absolute Gasteiger partial charge is 0.461 e. The van der Waals surface area contributed by atoms with Crippen molar-refractivity contribution in [3.05, 3.63) is 53.2 Å². The Labute approximate surface area is 124 Å². The second-order valence-electron chi connectivity index (χ2n) is 5.00. The minimum atomic E-state index is -0.391. The lowest BCUT2D eigenvalue weighted by molar-refractivity contribution is -0.140. The summed E-state index contributed by atoms with van der Waals surface area (Å²) in [5, 5.41) is 0. The van der Waals surface area contributed by atoms with E-state index in [4.69, 9.17) is 4.74 Å². The highest BCUT2D eigenvalue weighted by Crippen LogP contribution is 2.29. The highest BCUT2D eigenvalue weighted by Gasteiger charge is 2.23. The average molecular weight is 285 g/mol. The molecule has 0 saturated heterocycles. The summed E-state index contributed by atoms with van der Waals surface area (Å²) < 4.78 is 5.01. The monoisotopic (exact) mass is 285 g/mol. The first-order valence-electron chi connectivity index (χ1n) is 6.92. The van der Waals surface area contributed by atoms with Gasteiger partial charge in [-0.3, -0.25) is 4.79 Å². The Morgan fingerprint density at radius 1 is 1.33 bits per heavy atom. The fourth-order valence-electron chi connectivity index (χ4n) is 2.31. The van der Waals surface area contributed by atoms with Crippen molar-refractivity contribution in [2.75, 3.05) is 20.7 Å². The van der Waals surface area contributed by atoms with Crippen LogP contribution in [0.15, 0.2) is 42.1 Å². The first kappa shape index (κ1) is 15.0. The molecule has 110 valence electrons. The number of ketones is 1. The highest BCUT2D eigenvalue weighted by atomic mass is 16.5. The van der Waals surface area contributed by atoms with E-state index in [1.165, 1.54) is 0 Å². The molecule has 0 bridgehead atoms. The van der Waals surface area contributed by atoms with Crippen LogP contribution < -0.4 is 0 Å². The first-order valence-corrected chi connectivity index (χ1v) is 6.92. The van der Waals surface area contributed by atoms with Gasteiger partial charge in [-0.25, -0.2) is 4.79 Å². The summed E-state index contributed by atoms with van der Waals surface area (Å²) in [4.78, 5) is 25.6. The minimum absolute atomic E-state index is 0.0782. The Bertz CT molecular complexity index is 627. The number of rotatable bonds is 4. The van der Waals surface area contributed by atoms with E-state index in [1.54, 1.807) is 38.1 Å². The van der Waals surface area contributed by atoms with Gasteiger partial charge in [0, 0.05) is 26.1 Å². The van der Waals surface area contributed by atoms with Crippen LogP contribution >= 0.6 is 0 Å². The normalized spacial score (nSPS) is 16.0. The topological polar surface area (TPSA) is 46.6 Å². The number of carbonyl (C=O) groups is 2. The van der Waals surface area contributed by atoms with Crippen LogP contribution in [0.1, 0.15) is 18.1 Å². The van der Waals surface area contributed by atoms with Crippen molar-refractivity contribution in [3.63, 3.8) is 0 Å². The summed E-state index contributed by atoms with van der Waals surface area (Å²) in [5.74, 6) is -0.313. The number of benzene rings is 1. The molecule has 21 heavy (non-hydrogen) atoms. The second-order valence-corrected chi connectivity index (χ2v) is 5.00. The van der Waals surface area contributed by atoms with Crippen LogP contribution in [-0.2, 0) is 20.7 Å². The third kappa shape index (κ3) is 3.21. The van der Waals surface area contributed by atoms with Crippen molar-refractivity contribution < 1.29 is 14.3 Å². The molecule has 1 aromatic carbocycles. The van der Waals surface area contributed by atoms with E-state index in [0.717, 1.165) is 11.1 Å². The zero-order chi connectivity index (χ0) is 15.4. The molecule has 0 fully saturated rings. The summed E-state index contributed by atoms with van der Waals surface area (Å²) in [7, 11) is 3.54. The molecule has 0 N–H and O–H groups in total. The molecule has 4 nitrogen and oxygen atoms in total. The Morgan fingerprint density at radius 2 is 2.05 bits per heavy atom. The molecule has 4 heteroatoms. The zero-order valence-corrected chi connectivity index (χ0v) is 12.6. The van der Waals surface area contributed by atoms with Crippen molar-refractivity contribution in [2.24, 2.45) is 0 Å². The van der Waals surface area contributed by atoms with Crippen LogP contribution in [0.3, 0.4) is 0 Å². The van der Waals surface area contributed by atoms with Crippen LogP contribution in [-0.4, -0.2) is 37.4 Å². The number of hydrogen-bond acceptors (Lipinski definition) is 4. The Balaban J connectivity index is 2.36. The van der Waals surface area contributed by atoms with Crippen molar-refractivity contribution in [2.45, 2.75) is 13.3 Å². The van der Waals surface area contributed by atoms with E-state index in [0.29, 0.717) is 24.3 Å². The number of likely N-dealkylation sites (N-methyl/N-ethyl adjacent to an activating group) is 1. The van der Waals surface area contributed by atoms with Crippen LogP contribution in [0.5, 0.6) is 0 Å². The van der Waals surface area contributed by atoms with Crippen LogP contribution in [0.25, 0.3) is 5.57 Å². The van der Waals surface area contributed by atoms with E-state index in [9.17, 15) is 9.59 Å². The number of allylic oxidation sites excluding steroid dienone is 3. The molecule has 0 aromatic heterocycles. The van der Waals surface area contributed by atoms with Gasteiger partial charge in [0.05, 0.1) is 6.61 Å². The second kappa shape index (κ2) is 6.39. The molecule has 0 amide bonds. The highest BCUT2D eigenvalue weighted by molar-refractivity contribution is 6.25. The van der Waals surface area contributed by atoms with Gasteiger partial charge in [0.25, 0.3) is 0 Å². The van der Waals surface area contributed by atoms with E-state index >= 15 is 0 Å². The van der Waals surface area contributed by atoms with Crippen molar-refractivity contribution >= 4 is 17.3 Å². The third-order valence-corrected chi connectivity index (χ3v) is 3.33. The maximum atomic E-state index is 12.1. The van der Waals surface area contributed by atoms with Crippen LogP contribution in [0.4, 0.5) is 0 Å². The molecule has 0 saturated carbocycles. The lowest BCUT2D eigenvalue weighted by atomic mass is 10.1. The maximum absolute atomic E-state index is 12.1. The summed E-state index contributed by atoms with van der Waals surface area (Å²) in [5.41, 5.74) is 3.04. The molecule has 0 heterocycles. The number of ether oxygens (including phenoxy) is 1. The fraction of sp³-hybridized carbons (Fsp3) is 0.294. The van der Waals surface area contributed by atoms with Gasteiger partial charge in [-0.2, -0.15) is 0 Å². The molecule has 0 aliphatic heterocycles. The van der Waals surface area contributed by atoms with E-state index < -0.39 is 5.97 Å². The summed E-state index contributed by atoms with van der Waals surface area (Å²) in [6, 6.07) is 7.72. The number of esters is 1. The smallest absolute Gasteiger partial charge is 0.354 e. The molecule has 2 rings (SSSR count). The van der Waals surface area contributed by atoms with E-state index in [-0.39, 0.29) is 5.78 Å². The number of fused-ring (bicyclic) bond motifs is 1. The van der Waals surface area contributed by atoms with Crippen molar-refractivity contribution in [1.82, 2.24) is 4.90 Å². The predicted molar refractivity (Wildman–Crippen MR) is 81.5 cm³/mol. The van der Waals surface area contributed by atoms with Gasteiger partial charge in [-0.15, -0.1) is 0 Å². The van der Waals surface area contributed by atoms with Crippen LogP contribution in [0.2, 0.25) is 0 Å². The van der Waals surface area contributed by atoms with Gasteiger partial charge in [0.15, 0.2) is 5.78 Å². The fourth-order valence-corrected chi connectivity index (χ4v) is 2.31. The van der Waals surface area contributed by atoms with Gasteiger partial charge < -0.3 is 9.64 Å². The van der Waals surface area contributed by atoms with E-state index in [2.05, 4.69) is 0 Å². The van der Waals surface area contributed by atoms with E-state index in [1.807, 2.05) is 24.3 Å². The standard InChI is InChI=1S/C17H19NO3/c1-4-21-17(20)15(18(2)3)10-9-14-13-8-6-5-7-12(13)11-16(14)19/h5-10H,4,11H2,1-3H3/b14-9+,15-10-. The molecule has 0 unspecified atom stereocenters. The van der Waals surface area contributed by atoms with Gasteiger partial charge in [0.1, 0.15) is 5.70 Å². The molecular weight excluding hydrogens is 266 g/mol. The molecule has 0 radical (unpaired) electrons. The summed E-state index contributed by atoms with van der Waals surface area (Å²) >= 11 is 0. The SMILES string of the molecule is CCOC(=O)/C(=C/C=C1/C(=O)Cc2ccccc21)N(C)C. The number of hydrogen-bond donors (Lipinski definition) is 0. The Kier molecular flexibility index (Phi) is 4.58. The number of Topliss-reactive ketones (excluding diaryl/α,β-unsaturated/α-hetero) is 1. The molecule has 0 atom stereocenters. The third-order valence-electron chi connectivity index (χ3n) is 3.33. The first-order chi connectivity index (χ1) is 10.0. The summed E-state index contributed by atoms with van der Waals surface area (Å²) in [6.45, 7) is 2.09. The molecule has 1 aromatic rings. The molecule has 1 aliphatic rings. The number of carbonyl (C=O) groups excluding carboxylic acids is 2. The lowest BCUT2D eigenvalue weighted by Crippen LogP contribution is -2.21. The van der Waals surface area contributed by atoms with Crippen molar-refractivity contribution in [1.29, 1.82) is 0 Å². The number of nitrogens with zero attached hydrogens (tertiary/aromatic N) is 1. The van der Waals surface area contributed by atoms with Crippen molar-refractivity contribution in [3.8, 4) is 0 Å². The van der Waals surface area contributed by atoms with Crippen LogP contribution in [0, 0.1) is 0 Å². The van der Waals surface area contributed by atoms with Gasteiger partial charge >= 0.3 is 5.97 Å². The molecular formula is C17H19NO3. The predicted octanol–water partition coefficient (Wildman–Crippen LogP) is 2.20. The minimum Gasteiger partial charge on any atom is -0.461 e. The average Bonchev–Trinajstić information content (AvgIpc) is 2.75. The molecule has 1 aliphatic carbocycles. The van der Waals surface area contributed by atoms with Gasteiger partial charge in [-0.05, 0) is 30.2 Å². The van der Waals surface area contributed by atoms with Gasteiger partial charge in [0.2, 0.25) is 0 Å². The lowest BCUT2D eigenvalue weighted by Gasteiger charge is -2.14. The summed E-state index contributed by atoms with van der Waals surface area (Å²) in [6.07, 6.45) is 3.78. The Hall–Kier alpha value is -2.36. The maximum Gasteiger partial charge on any atom is 0.354 e. The van der Waals surface area contributed by atoms with Gasteiger partial charge in [-0.1, -0.05) is 24.3 Å². The zero-order valence-electron chi connectivity index (χ0n) is 12.6. The quantitative estimate of drug-likeness (QED) is 0.628. The Morgan fingerprint density at radius 3 is 2.71 bits per heavy atom. The molecule has 0 spiro atoms.